The molecule has 1 aromatic carbocycles. The van der Waals surface area contributed by atoms with E-state index in [1.165, 1.54) is 12.1 Å². The fraction of sp³-hybridized carbons (Fsp3) is 0.500. The minimum atomic E-state index is -0.530. The maximum Gasteiger partial charge on any atom is 0.128 e. The molecule has 0 spiro atoms. The van der Waals surface area contributed by atoms with Crippen molar-refractivity contribution in [2.24, 2.45) is 5.73 Å². The predicted molar refractivity (Wildman–Crippen MR) is 60.4 cm³/mol. The molecule has 2 nitrogen and oxygen atoms in total. The molecule has 0 amide bonds. The zero-order valence-corrected chi connectivity index (χ0v) is 9.29. The number of halogens is 2. The van der Waals surface area contributed by atoms with Crippen molar-refractivity contribution in [1.29, 1.82) is 0 Å². The molecule has 1 aromatic rings. The van der Waals surface area contributed by atoms with Crippen LogP contribution in [0.15, 0.2) is 18.2 Å². The summed E-state index contributed by atoms with van der Waals surface area (Å²) in [4.78, 5) is 2.01. The van der Waals surface area contributed by atoms with Gasteiger partial charge in [-0.3, -0.25) is 0 Å². The van der Waals surface area contributed by atoms with Crippen molar-refractivity contribution in [2.45, 2.75) is 31.8 Å². The minimum Gasteiger partial charge on any atom is -0.369 e. The summed E-state index contributed by atoms with van der Waals surface area (Å²) in [6.07, 6.45) is 1.72. The fourth-order valence-electron chi connectivity index (χ4n) is 2.30. The lowest BCUT2D eigenvalue weighted by atomic mass is 9.98. The number of anilines is 1. The summed E-state index contributed by atoms with van der Waals surface area (Å²) in [6, 6.07) is 4.06. The van der Waals surface area contributed by atoms with Gasteiger partial charge in [0.25, 0.3) is 0 Å². The lowest BCUT2D eigenvalue weighted by Gasteiger charge is -2.38. The first-order valence-electron chi connectivity index (χ1n) is 5.54. The Kier molecular flexibility index (Phi) is 3.10. The highest BCUT2D eigenvalue weighted by molar-refractivity contribution is 5.48. The minimum absolute atomic E-state index is 0.199. The summed E-state index contributed by atoms with van der Waals surface area (Å²) in [5.74, 6) is -1.06. The predicted octanol–water partition coefficient (Wildman–Crippen LogP) is 2.28. The molecule has 0 saturated carbocycles. The van der Waals surface area contributed by atoms with Gasteiger partial charge in [-0.2, -0.15) is 0 Å². The van der Waals surface area contributed by atoms with E-state index < -0.39 is 11.6 Å². The lowest BCUT2D eigenvalue weighted by Crippen LogP contribution is -2.45. The largest absolute Gasteiger partial charge is 0.369 e. The molecule has 16 heavy (non-hydrogen) atoms. The zero-order chi connectivity index (χ0) is 11.7. The first kappa shape index (κ1) is 11.3. The maximum atomic E-state index is 13.1. The van der Waals surface area contributed by atoms with Gasteiger partial charge in [-0.05, 0) is 31.9 Å². The molecule has 4 heteroatoms. The van der Waals surface area contributed by atoms with Crippen molar-refractivity contribution in [3.8, 4) is 0 Å². The fourth-order valence-corrected chi connectivity index (χ4v) is 2.30. The topological polar surface area (TPSA) is 29.3 Å². The molecule has 2 N–H and O–H groups in total. The summed E-state index contributed by atoms with van der Waals surface area (Å²) in [6.45, 7) is 2.78. The number of nitrogens with two attached hydrogens (primary N) is 1. The van der Waals surface area contributed by atoms with Crippen LogP contribution < -0.4 is 10.6 Å². The number of rotatable bonds is 1. The molecule has 0 radical (unpaired) electrons. The molecule has 1 aliphatic rings. The van der Waals surface area contributed by atoms with E-state index in [1.807, 2.05) is 11.8 Å². The molecular formula is C12H16F2N2. The molecule has 2 rings (SSSR count). The van der Waals surface area contributed by atoms with Gasteiger partial charge in [-0.15, -0.1) is 0 Å². The molecular weight excluding hydrogens is 210 g/mol. The Morgan fingerprint density at radius 3 is 2.44 bits per heavy atom. The molecule has 1 heterocycles. The van der Waals surface area contributed by atoms with Gasteiger partial charge in [0.1, 0.15) is 11.6 Å². The number of piperidine rings is 1. The lowest BCUT2D eigenvalue weighted by molar-refractivity contribution is 0.428. The van der Waals surface area contributed by atoms with Gasteiger partial charge < -0.3 is 10.6 Å². The number of nitrogens with zero attached hydrogens (tertiary/aromatic N) is 1. The summed E-state index contributed by atoms with van der Waals surface area (Å²) < 4.78 is 26.2. The van der Waals surface area contributed by atoms with Gasteiger partial charge in [0.2, 0.25) is 0 Å². The van der Waals surface area contributed by atoms with Crippen molar-refractivity contribution in [3.63, 3.8) is 0 Å². The van der Waals surface area contributed by atoms with Crippen LogP contribution in [-0.2, 0) is 0 Å². The Bertz CT molecular complexity index is 361. The maximum absolute atomic E-state index is 13.1. The van der Waals surface area contributed by atoms with Gasteiger partial charge in [-0.1, -0.05) is 0 Å². The second-order valence-electron chi connectivity index (χ2n) is 4.45. The Hall–Kier alpha value is -1.16. The molecule has 88 valence electrons. The van der Waals surface area contributed by atoms with E-state index >= 15 is 0 Å². The van der Waals surface area contributed by atoms with Crippen molar-refractivity contribution in [1.82, 2.24) is 0 Å². The summed E-state index contributed by atoms with van der Waals surface area (Å²) in [5, 5.41) is 0. The number of hydrogen-bond donors (Lipinski definition) is 1. The van der Waals surface area contributed by atoms with Crippen LogP contribution >= 0.6 is 0 Å². The summed E-state index contributed by atoms with van der Waals surface area (Å²) in [5.41, 5.74) is 6.46. The van der Waals surface area contributed by atoms with Crippen LogP contribution in [0.2, 0.25) is 0 Å². The first-order valence-corrected chi connectivity index (χ1v) is 5.54. The van der Waals surface area contributed by atoms with Gasteiger partial charge in [0.05, 0.1) is 0 Å². The summed E-state index contributed by atoms with van der Waals surface area (Å²) in [7, 11) is 0. The zero-order valence-electron chi connectivity index (χ0n) is 9.29. The van der Waals surface area contributed by atoms with Crippen molar-refractivity contribution in [3.05, 3.63) is 29.8 Å². The Morgan fingerprint density at radius 2 is 1.88 bits per heavy atom. The molecule has 1 aliphatic heterocycles. The molecule has 0 aliphatic carbocycles. The first-order chi connectivity index (χ1) is 7.56. The highest BCUT2D eigenvalue weighted by Gasteiger charge is 2.23. The van der Waals surface area contributed by atoms with Gasteiger partial charge in [-0.25, -0.2) is 8.78 Å². The molecule has 0 aromatic heterocycles. The molecule has 1 saturated heterocycles. The molecule has 2 atom stereocenters. The third-order valence-electron chi connectivity index (χ3n) is 3.10. The van der Waals surface area contributed by atoms with Crippen LogP contribution in [0.25, 0.3) is 0 Å². The Labute approximate surface area is 94.0 Å². The average Bonchev–Trinajstić information content (AvgIpc) is 2.15. The monoisotopic (exact) mass is 226 g/mol. The molecule has 2 unspecified atom stereocenters. The smallest absolute Gasteiger partial charge is 0.128 e. The van der Waals surface area contributed by atoms with Gasteiger partial charge >= 0.3 is 0 Å². The number of benzene rings is 1. The summed E-state index contributed by atoms with van der Waals surface area (Å²) >= 11 is 0. The van der Waals surface area contributed by atoms with E-state index in [4.69, 9.17) is 5.73 Å². The number of hydrogen-bond acceptors (Lipinski definition) is 2. The highest BCUT2D eigenvalue weighted by atomic mass is 19.1. The van der Waals surface area contributed by atoms with E-state index in [0.29, 0.717) is 5.69 Å². The van der Waals surface area contributed by atoms with Crippen molar-refractivity contribution < 1.29 is 8.78 Å². The Morgan fingerprint density at radius 1 is 1.25 bits per heavy atom. The van der Waals surface area contributed by atoms with Crippen molar-refractivity contribution in [2.75, 3.05) is 11.4 Å². The Balaban J connectivity index is 2.23. The third-order valence-corrected chi connectivity index (χ3v) is 3.10. The van der Waals surface area contributed by atoms with E-state index in [9.17, 15) is 8.78 Å². The van der Waals surface area contributed by atoms with E-state index in [1.54, 1.807) is 0 Å². The SMILES string of the molecule is CC1CC(N)CCN1c1cc(F)cc(F)c1. The highest BCUT2D eigenvalue weighted by Crippen LogP contribution is 2.25. The van der Waals surface area contributed by atoms with Crippen LogP contribution in [0.5, 0.6) is 0 Å². The van der Waals surface area contributed by atoms with E-state index in [-0.39, 0.29) is 12.1 Å². The normalized spacial score (nSPS) is 25.9. The molecule has 0 bridgehead atoms. The van der Waals surface area contributed by atoms with Crippen LogP contribution in [0.4, 0.5) is 14.5 Å². The second-order valence-corrected chi connectivity index (χ2v) is 4.45. The average molecular weight is 226 g/mol. The second kappa shape index (κ2) is 4.37. The molecule has 1 fully saturated rings. The van der Waals surface area contributed by atoms with E-state index in [2.05, 4.69) is 0 Å². The van der Waals surface area contributed by atoms with Crippen LogP contribution in [0, 0.1) is 11.6 Å². The van der Waals surface area contributed by atoms with Gasteiger partial charge in [0, 0.05) is 30.4 Å². The quantitative estimate of drug-likeness (QED) is 0.796. The van der Waals surface area contributed by atoms with Crippen LogP contribution in [-0.4, -0.2) is 18.6 Å². The third kappa shape index (κ3) is 2.32. The van der Waals surface area contributed by atoms with Crippen LogP contribution in [0.3, 0.4) is 0 Å². The standard InChI is InChI=1S/C12H16F2N2/c1-8-4-11(15)2-3-16(8)12-6-9(13)5-10(14)7-12/h5-8,11H,2-4,15H2,1H3. The van der Waals surface area contributed by atoms with Crippen molar-refractivity contribution >= 4 is 5.69 Å². The van der Waals surface area contributed by atoms with Gasteiger partial charge in [0.15, 0.2) is 0 Å². The van der Waals surface area contributed by atoms with Crippen LogP contribution in [0.1, 0.15) is 19.8 Å². The van der Waals surface area contributed by atoms with E-state index in [0.717, 1.165) is 25.5 Å².